The van der Waals surface area contributed by atoms with Crippen LogP contribution in [0, 0.1) is 0 Å². The van der Waals surface area contributed by atoms with Gasteiger partial charge < -0.3 is 4.98 Å². The van der Waals surface area contributed by atoms with Gasteiger partial charge in [0.05, 0.1) is 40.7 Å². The van der Waals surface area contributed by atoms with Gasteiger partial charge in [0.1, 0.15) is 5.82 Å². The molecule has 20 heavy (non-hydrogen) atoms. The molecule has 1 aromatic carbocycles. The van der Waals surface area contributed by atoms with E-state index in [2.05, 4.69) is 30.5 Å². The number of rotatable bonds is 4. The van der Waals surface area contributed by atoms with Crippen LogP contribution in [0.2, 0.25) is 5.02 Å². The monoisotopic (exact) mass is 307 g/mol. The van der Waals surface area contributed by atoms with Crippen molar-refractivity contribution in [2.75, 3.05) is 7.05 Å². The largest absolute Gasteiger partial charge is 0.341 e. The normalized spacial score (nSPS) is 13.2. The fraction of sp³-hybridized carbons (Fsp3) is 0.308. The van der Waals surface area contributed by atoms with E-state index < -0.39 is 0 Å². The van der Waals surface area contributed by atoms with Crippen LogP contribution >= 0.6 is 23.3 Å². The van der Waals surface area contributed by atoms with E-state index >= 15 is 0 Å². The summed E-state index contributed by atoms with van der Waals surface area (Å²) >= 11 is 7.22. The predicted molar refractivity (Wildman–Crippen MR) is 80.9 cm³/mol. The third-order valence-electron chi connectivity index (χ3n) is 3.34. The zero-order valence-electron chi connectivity index (χ0n) is 11.2. The van der Waals surface area contributed by atoms with Gasteiger partial charge in [-0.2, -0.15) is 8.75 Å². The van der Waals surface area contributed by atoms with Crippen molar-refractivity contribution in [2.45, 2.75) is 19.5 Å². The van der Waals surface area contributed by atoms with E-state index in [1.165, 1.54) is 11.7 Å². The summed E-state index contributed by atoms with van der Waals surface area (Å²) in [6, 6.07) is 5.83. The number of hydrogen-bond donors (Lipinski definition) is 1. The minimum absolute atomic E-state index is 0.155. The van der Waals surface area contributed by atoms with Gasteiger partial charge in [0.25, 0.3) is 0 Å². The van der Waals surface area contributed by atoms with Crippen LogP contribution in [0.3, 0.4) is 0 Å². The first-order valence-electron chi connectivity index (χ1n) is 6.25. The zero-order valence-corrected chi connectivity index (χ0v) is 12.7. The molecule has 2 aromatic heterocycles. The minimum atomic E-state index is 0.155. The van der Waals surface area contributed by atoms with Crippen LogP contribution in [0.15, 0.2) is 24.4 Å². The molecule has 0 bridgehead atoms. The minimum Gasteiger partial charge on any atom is -0.341 e. The number of hydrogen-bond acceptors (Lipinski definition) is 5. The Bertz CT molecular complexity index is 709. The highest BCUT2D eigenvalue weighted by Gasteiger charge is 2.16. The summed E-state index contributed by atoms with van der Waals surface area (Å²) in [4.78, 5) is 10.1. The smallest absolute Gasteiger partial charge is 0.124 e. The van der Waals surface area contributed by atoms with Crippen LogP contribution < -0.4 is 0 Å². The standard InChI is InChI=1S/C13H14ClN5S/c1-8(19(2)7-10-6-15-20-18-10)13-16-11-4-3-9(14)5-12(11)17-13/h3-6,8H,7H2,1-2H3,(H,16,17). The van der Waals surface area contributed by atoms with Crippen molar-refractivity contribution in [2.24, 2.45) is 0 Å². The summed E-state index contributed by atoms with van der Waals surface area (Å²) in [5.41, 5.74) is 2.87. The lowest BCUT2D eigenvalue weighted by Gasteiger charge is -2.21. The average Bonchev–Trinajstić information content (AvgIpc) is 3.06. The van der Waals surface area contributed by atoms with Crippen LogP contribution in [-0.4, -0.2) is 30.7 Å². The van der Waals surface area contributed by atoms with Gasteiger partial charge in [-0.1, -0.05) is 11.6 Å². The van der Waals surface area contributed by atoms with Crippen molar-refractivity contribution in [1.29, 1.82) is 0 Å². The van der Waals surface area contributed by atoms with Crippen molar-refractivity contribution in [3.63, 3.8) is 0 Å². The Hall–Kier alpha value is -1.50. The molecule has 0 saturated carbocycles. The fourth-order valence-electron chi connectivity index (χ4n) is 2.05. The molecule has 0 saturated heterocycles. The van der Waals surface area contributed by atoms with Crippen LogP contribution in [-0.2, 0) is 6.54 Å². The van der Waals surface area contributed by atoms with E-state index in [4.69, 9.17) is 11.6 Å². The maximum Gasteiger partial charge on any atom is 0.124 e. The highest BCUT2D eigenvalue weighted by Crippen LogP contribution is 2.23. The van der Waals surface area contributed by atoms with Crippen molar-refractivity contribution in [3.8, 4) is 0 Å². The number of halogens is 1. The number of nitrogens with one attached hydrogen (secondary N) is 1. The first-order chi connectivity index (χ1) is 9.63. The Morgan fingerprint density at radius 1 is 1.45 bits per heavy atom. The number of fused-ring (bicyclic) bond motifs is 1. The first kappa shape index (κ1) is 13.5. The van der Waals surface area contributed by atoms with E-state index in [0.717, 1.165) is 29.1 Å². The number of aromatic amines is 1. The van der Waals surface area contributed by atoms with E-state index in [0.29, 0.717) is 5.02 Å². The van der Waals surface area contributed by atoms with Crippen molar-refractivity contribution >= 4 is 34.4 Å². The summed E-state index contributed by atoms with van der Waals surface area (Å²) in [6.07, 6.45) is 1.80. The molecule has 1 N–H and O–H groups in total. The topological polar surface area (TPSA) is 57.7 Å². The van der Waals surface area contributed by atoms with Gasteiger partial charge in [-0.15, -0.1) is 0 Å². The van der Waals surface area contributed by atoms with E-state index in [9.17, 15) is 0 Å². The number of imidazole rings is 1. The Morgan fingerprint density at radius 2 is 2.30 bits per heavy atom. The second kappa shape index (κ2) is 5.47. The number of nitrogens with zero attached hydrogens (tertiary/aromatic N) is 4. The van der Waals surface area contributed by atoms with Gasteiger partial charge in [0.15, 0.2) is 0 Å². The average molecular weight is 308 g/mol. The lowest BCUT2D eigenvalue weighted by molar-refractivity contribution is 0.243. The molecule has 0 amide bonds. The molecule has 0 spiro atoms. The summed E-state index contributed by atoms with van der Waals surface area (Å²) in [6.45, 7) is 2.86. The van der Waals surface area contributed by atoms with Gasteiger partial charge in [-0.05, 0) is 32.2 Å². The molecule has 0 aliphatic rings. The predicted octanol–water partition coefficient (Wildman–Crippen LogP) is 3.26. The Kier molecular flexibility index (Phi) is 3.69. The molecule has 2 heterocycles. The molecule has 0 aliphatic carbocycles. The Labute approximate surface area is 125 Å². The van der Waals surface area contributed by atoms with Gasteiger partial charge in [0, 0.05) is 11.6 Å². The lowest BCUT2D eigenvalue weighted by atomic mass is 10.2. The maximum atomic E-state index is 5.99. The molecule has 7 heteroatoms. The van der Waals surface area contributed by atoms with Gasteiger partial charge >= 0.3 is 0 Å². The second-order valence-electron chi connectivity index (χ2n) is 4.77. The molecule has 104 valence electrons. The van der Waals surface area contributed by atoms with Crippen LogP contribution in [0.25, 0.3) is 11.0 Å². The second-order valence-corrected chi connectivity index (χ2v) is 5.77. The molecule has 0 aliphatic heterocycles. The first-order valence-corrected chi connectivity index (χ1v) is 7.36. The van der Waals surface area contributed by atoms with Crippen LogP contribution in [0.4, 0.5) is 0 Å². The third-order valence-corrected chi connectivity index (χ3v) is 4.09. The molecular formula is C13H14ClN5S. The van der Waals surface area contributed by atoms with Gasteiger partial charge in [-0.3, -0.25) is 4.90 Å². The highest BCUT2D eigenvalue weighted by atomic mass is 35.5. The van der Waals surface area contributed by atoms with Gasteiger partial charge in [0.2, 0.25) is 0 Å². The molecule has 3 aromatic rings. The van der Waals surface area contributed by atoms with Crippen molar-refractivity contribution in [1.82, 2.24) is 23.6 Å². The molecule has 1 unspecified atom stereocenters. The maximum absolute atomic E-state index is 5.99. The number of aromatic nitrogens is 4. The fourth-order valence-corrected chi connectivity index (χ4v) is 2.65. The van der Waals surface area contributed by atoms with Crippen LogP contribution in [0.1, 0.15) is 24.5 Å². The molecule has 3 rings (SSSR count). The molecule has 5 nitrogen and oxygen atoms in total. The number of benzene rings is 1. The molecule has 0 fully saturated rings. The van der Waals surface area contributed by atoms with E-state index in [-0.39, 0.29) is 6.04 Å². The summed E-state index contributed by atoms with van der Waals surface area (Å²) in [5.74, 6) is 0.924. The van der Waals surface area contributed by atoms with Gasteiger partial charge in [-0.25, -0.2) is 4.98 Å². The van der Waals surface area contributed by atoms with E-state index in [1.54, 1.807) is 6.20 Å². The quantitative estimate of drug-likeness (QED) is 0.804. The Balaban J connectivity index is 1.82. The lowest BCUT2D eigenvalue weighted by Crippen LogP contribution is -2.22. The summed E-state index contributed by atoms with van der Waals surface area (Å²) in [7, 11) is 2.05. The van der Waals surface area contributed by atoms with Crippen LogP contribution in [0.5, 0.6) is 0 Å². The SMILES string of the molecule is CC(c1nc2ccc(Cl)cc2[nH]1)N(C)Cc1cnsn1. The summed E-state index contributed by atoms with van der Waals surface area (Å²) < 4.78 is 8.25. The van der Waals surface area contributed by atoms with Crippen molar-refractivity contribution in [3.05, 3.63) is 40.9 Å². The van der Waals surface area contributed by atoms with E-state index in [1.807, 2.05) is 25.2 Å². The number of H-pyrrole nitrogens is 1. The molecule has 0 radical (unpaired) electrons. The van der Waals surface area contributed by atoms with Crippen molar-refractivity contribution < 1.29 is 0 Å². The zero-order chi connectivity index (χ0) is 14.1. The summed E-state index contributed by atoms with van der Waals surface area (Å²) in [5, 5.41) is 0.710. The third kappa shape index (κ3) is 2.67. The molecule has 1 atom stereocenters. The highest BCUT2D eigenvalue weighted by molar-refractivity contribution is 6.99. The Morgan fingerprint density at radius 3 is 3.05 bits per heavy atom. The molecular weight excluding hydrogens is 294 g/mol.